The van der Waals surface area contributed by atoms with Gasteiger partial charge in [-0.05, 0) is 67.7 Å². The number of fused-ring (bicyclic) bond motifs is 3. The summed E-state index contributed by atoms with van der Waals surface area (Å²) in [6.45, 7) is 2.44. The van der Waals surface area contributed by atoms with Gasteiger partial charge in [-0.25, -0.2) is 22.5 Å². The summed E-state index contributed by atoms with van der Waals surface area (Å²) in [5.41, 5.74) is 2.67. The molecular formula is C25H28ClFN4O3S2. The third kappa shape index (κ3) is 4.20. The van der Waals surface area contributed by atoms with Crippen LogP contribution >= 0.6 is 22.9 Å². The van der Waals surface area contributed by atoms with Crippen LogP contribution in [0.1, 0.15) is 55.6 Å². The number of nitrogens with zero attached hydrogens (tertiary/aromatic N) is 3. The Bertz CT molecular complexity index is 1330. The number of hydrogen-bond donors (Lipinski definition) is 2. The van der Waals surface area contributed by atoms with Crippen molar-refractivity contribution in [2.45, 2.75) is 62.5 Å². The van der Waals surface area contributed by atoms with Crippen molar-refractivity contribution in [3.05, 3.63) is 62.5 Å². The van der Waals surface area contributed by atoms with Gasteiger partial charge in [-0.2, -0.15) is 0 Å². The average Bonchev–Trinajstić information content (AvgIpc) is 3.54. The molecule has 192 valence electrons. The molecule has 1 saturated heterocycles. The molecule has 4 aliphatic rings. The number of sulfonamides is 1. The molecule has 2 bridgehead atoms. The van der Waals surface area contributed by atoms with E-state index in [1.54, 1.807) is 12.3 Å². The number of benzene rings is 1. The molecule has 36 heavy (non-hydrogen) atoms. The monoisotopic (exact) mass is 550 g/mol. The second kappa shape index (κ2) is 9.16. The smallest absolute Gasteiger partial charge is 0.215 e. The molecule has 7 nitrogen and oxygen atoms in total. The summed E-state index contributed by atoms with van der Waals surface area (Å²) < 4.78 is 43.9. The highest BCUT2D eigenvalue weighted by atomic mass is 35.5. The quantitative estimate of drug-likeness (QED) is 0.580. The zero-order valence-electron chi connectivity index (χ0n) is 19.8. The van der Waals surface area contributed by atoms with E-state index in [1.807, 2.05) is 12.3 Å². The minimum Gasteiger partial charge on any atom is -0.393 e. The fourth-order valence-electron chi connectivity index (χ4n) is 6.64. The molecule has 3 fully saturated rings. The van der Waals surface area contributed by atoms with Crippen LogP contribution < -0.4 is 4.72 Å². The summed E-state index contributed by atoms with van der Waals surface area (Å²) in [6.07, 6.45) is 4.68. The van der Waals surface area contributed by atoms with Gasteiger partial charge in [0.2, 0.25) is 10.0 Å². The van der Waals surface area contributed by atoms with E-state index in [0.717, 1.165) is 29.1 Å². The Hall–Kier alpha value is -1.85. The zero-order chi connectivity index (χ0) is 25.2. The summed E-state index contributed by atoms with van der Waals surface area (Å²) in [6, 6.07) is 3.62. The van der Waals surface area contributed by atoms with Gasteiger partial charge < -0.3 is 10.0 Å². The number of thiazole rings is 1. The predicted octanol–water partition coefficient (Wildman–Crippen LogP) is 4.25. The molecule has 1 aromatic carbocycles. The van der Waals surface area contributed by atoms with E-state index in [4.69, 9.17) is 16.6 Å². The van der Waals surface area contributed by atoms with Crippen LogP contribution in [-0.2, 0) is 10.0 Å². The third-order valence-electron chi connectivity index (χ3n) is 8.10. The SMILES string of the molecule is CC1=C2CC(NS(=O)(=O)C3C4CCC3CC(O)C4)CN2C(c2nccs2)=N[C@H]1c1ccc(F)cc1Cl. The first-order valence-electron chi connectivity index (χ1n) is 12.3. The van der Waals surface area contributed by atoms with Crippen LogP contribution in [0.3, 0.4) is 0 Å². The molecule has 4 atom stereocenters. The van der Waals surface area contributed by atoms with Crippen molar-refractivity contribution >= 4 is 38.8 Å². The lowest BCUT2D eigenvalue weighted by atomic mass is 9.86. The van der Waals surface area contributed by atoms with Crippen LogP contribution in [0, 0.1) is 17.7 Å². The summed E-state index contributed by atoms with van der Waals surface area (Å²) in [4.78, 5) is 11.5. The molecule has 1 aromatic heterocycles. The highest BCUT2D eigenvalue weighted by Crippen LogP contribution is 2.46. The molecule has 3 heterocycles. The first kappa shape index (κ1) is 24.5. The maximum absolute atomic E-state index is 13.7. The largest absolute Gasteiger partial charge is 0.393 e. The second-order valence-corrected chi connectivity index (χ2v) is 13.5. The van der Waals surface area contributed by atoms with Gasteiger partial charge in [0, 0.05) is 41.3 Å². The molecule has 0 amide bonds. The van der Waals surface area contributed by atoms with Crippen LogP contribution in [0.2, 0.25) is 5.02 Å². The second-order valence-electron chi connectivity index (χ2n) is 10.3. The molecule has 2 aliphatic heterocycles. The molecule has 0 spiro atoms. The number of aliphatic imine (C=N–C) groups is 1. The van der Waals surface area contributed by atoms with Crippen LogP contribution in [0.25, 0.3) is 0 Å². The number of hydrogen-bond acceptors (Lipinski definition) is 7. The number of aromatic nitrogens is 1. The molecule has 6 rings (SSSR count). The molecule has 2 N–H and O–H groups in total. The normalized spacial score (nSPS) is 32.1. The Labute approximate surface area is 219 Å². The van der Waals surface area contributed by atoms with E-state index < -0.39 is 33.2 Å². The zero-order valence-corrected chi connectivity index (χ0v) is 22.2. The van der Waals surface area contributed by atoms with Crippen molar-refractivity contribution in [1.29, 1.82) is 0 Å². The Morgan fingerprint density at radius 1 is 1.25 bits per heavy atom. The van der Waals surface area contributed by atoms with Crippen molar-refractivity contribution < 1.29 is 17.9 Å². The van der Waals surface area contributed by atoms with Gasteiger partial charge in [0.1, 0.15) is 11.9 Å². The number of aliphatic hydroxyl groups excluding tert-OH is 1. The topological polar surface area (TPSA) is 94.9 Å². The van der Waals surface area contributed by atoms with Gasteiger partial charge in [-0.15, -0.1) is 11.3 Å². The van der Waals surface area contributed by atoms with Gasteiger partial charge in [-0.3, -0.25) is 4.99 Å². The summed E-state index contributed by atoms with van der Waals surface area (Å²) in [7, 11) is -3.56. The first-order valence-corrected chi connectivity index (χ1v) is 15.1. The van der Waals surface area contributed by atoms with Crippen molar-refractivity contribution in [3.8, 4) is 0 Å². The Balaban J connectivity index is 1.31. The van der Waals surface area contributed by atoms with Gasteiger partial charge in [0.25, 0.3) is 0 Å². The van der Waals surface area contributed by atoms with Gasteiger partial charge in [0.05, 0.1) is 11.4 Å². The van der Waals surface area contributed by atoms with Gasteiger partial charge in [-0.1, -0.05) is 17.7 Å². The summed E-state index contributed by atoms with van der Waals surface area (Å²) in [5, 5.41) is 12.6. The predicted molar refractivity (Wildman–Crippen MR) is 138 cm³/mol. The number of rotatable bonds is 5. The molecule has 2 aliphatic carbocycles. The lowest BCUT2D eigenvalue weighted by Gasteiger charge is -2.33. The first-order chi connectivity index (χ1) is 17.2. The van der Waals surface area contributed by atoms with E-state index in [1.165, 1.54) is 23.5 Å². The molecule has 2 aromatic rings. The minimum absolute atomic E-state index is 0.0126. The number of amidine groups is 1. The third-order valence-corrected chi connectivity index (χ3v) is 11.3. The summed E-state index contributed by atoms with van der Waals surface area (Å²) >= 11 is 7.89. The number of halogens is 2. The van der Waals surface area contributed by atoms with Crippen LogP contribution in [-0.4, -0.2) is 53.2 Å². The fraction of sp³-hybridized carbons (Fsp3) is 0.520. The maximum atomic E-state index is 13.7. The van der Waals surface area contributed by atoms with Crippen molar-refractivity contribution in [1.82, 2.24) is 14.6 Å². The minimum atomic E-state index is -3.56. The van der Waals surface area contributed by atoms with Crippen LogP contribution in [0.15, 0.2) is 46.0 Å². The Kier molecular flexibility index (Phi) is 6.23. The van der Waals surface area contributed by atoms with Crippen molar-refractivity contribution in [2.24, 2.45) is 16.8 Å². The van der Waals surface area contributed by atoms with E-state index in [-0.39, 0.29) is 17.9 Å². The molecule has 11 heteroatoms. The molecule has 0 radical (unpaired) electrons. The van der Waals surface area contributed by atoms with Gasteiger partial charge >= 0.3 is 0 Å². The standard InChI is InChI=1S/C25H28ClFN4O3S2/c1-13-21-11-17(30-36(33,34)23-14-2-3-15(23)9-18(32)8-14)12-31(21)24(25-28-6-7-35-25)29-22(13)19-5-4-16(27)10-20(19)26/h4-7,10,14-15,17-18,22-23,30,32H,2-3,8-9,11-12H2,1H3/t14?,15?,17?,18?,22-,23?/m1/s1. The van der Waals surface area contributed by atoms with E-state index >= 15 is 0 Å². The van der Waals surface area contributed by atoms with E-state index in [0.29, 0.717) is 42.2 Å². The number of aliphatic hydroxyl groups is 1. The Morgan fingerprint density at radius 2 is 2.00 bits per heavy atom. The van der Waals surface area contributed by atoms with Crippen molar-refractivity contribution in [3.63, 3.8) is 0 Å². The average molecular weight is 551 g/mol. The Morgan fingerprint density at radius 3 is 2.67 bits per heavy atom. The molecular weight excluding hydrogens is 523 g/mol. The number of nitrogens with one attached hydrogen (secondary N) is 1. The van der Waals surface area contributed by atoms with Crippen molar-refractivity contribution in [2.75, 3.05) is 6.54 Å². The molecule has 2 saturated carbocycles. The van der Waals surface area contributed by atoms with Gasteiger partial charge in [0.15, 0.2) is 10.8 Å². The highest BCUT2D eigenvalue weighted by molar-refractivity contribution is 7.90. The lowest BCUT2D eigenvalue weighted by molar-refractivity contribution is 0.0979. The fourth-order valence-corrected chi connectivity index (χ4v) is 9.84. The van der Waals surface area contributed by atoms with Crippen LogP contribution in [0.4, 0.5) is 4.39 Å². The van der Waals surface area contributed by atoms with Crippen LogP contribution in [0.5, 0.6) is 0 Å². The van der Waals surface area contributed by atoms with E-state index in [2.05, 4.69) is 14.6 Å². The van der Waals surface area contributed by atoms with E-state index in [9.17, 15) is 17.9 Å². The highest BCUT2D eigenvalue weighted by Gasteiger charge is 2.50. The lowest BCUT2D eigenvalue weighted by Crippen LogP contribution is -2.48. The summed E-state index contributed by atoms with van der Waals surface area (Å²) in [5.74, 6) is 0.297. The molecule has 3 unspecified atom stereocenters. The maximum Gasteiger partial charge on any atom is 0.215 e.